The van der Waals surface area contributed by atoms with E-state index in [0.29, 0.717) is 18.2 Å². The number of amides is 5. The molecule has 0 bridgehead atoms. The smallest absolute Gasteiger partial charge is 0.394 e. The molecular formula is C34H46N8O7. The van der Waals surface area contributed by atoms with Gasteiger partial charge < -0.3 is 37.4 Å². The zero-order chi connectivity index (χ0) is 35.3. The second-order valence-electron chi connectivity index (χ2n) is 12.9. The van der Waals surface area contributed by atoms with E-state index < -0.39 is 35.5 Å². The maximum absolute atomic E-state index is 12.6. The molecule has 2 aromatic heterocycles. The summed E-state index contributed by atoms with van der Waals surface area (Å²) in [5.41, 5.74) is 10.8. The first-order valence-electron chi connectivity index (χ1n) is 16.9. The molecule has 5 amide bonds. The monoisotopic (exact) mass is 678 g/mol. The van der Waals surface area contributed by atoms with Crippen molar-refractivity contribution in [2.45, 2.75) is 89.1 Å². The van der Waals surface area contributed by atoms with Crippen molar-refractivity contribution in [3.63, 3.8) is 0 Å². The minimum absolute atomic E-state index is 0.0817. The number of carboxylic acid groups (broad SMARTS) is 1. The molecule has 4 fully saturated rings. The number of piperidine rings is 2. The molecule has 264 valence electrons. The molecule has 0 spiro atoms. The van der Waals surface area contributed by atoms with E-state index in [1.54, 1.807) is 4.90 Å². The van der Waals surface area contributed by atoms with Crippen molar-refractivity contribution >= 4 is 46.9 Å². The predicted octanol–water partition coefficient (Wildman–Crippen LogP) is 2.43. The Labute approximate surface area is 285 Å². The highest BCUT2D eigenvalue weighted by Gasteiger charge is 2.37. The summed E-state index contributed by atoms with van der Waals surface area (Å²) in [6.45, 7) is 1.91. The van der Waals surface area contributed by atoms with Gasteiger partial charge in [0.15, 0.2) is 0 Å². The molecule has 0 radical (unpaired) electrons. The van der Waals surface area contributed by atoms with Crippen molar-refractivity contribution in [1.29, 1.82) is 0 Å². The molecule has 15 heteroatoms. The molecule has 2 saturated carbocycles. The van der Waals surface area contributed by atoms with Gasteiger partial charge in [-0.25, -0.2) is 4.79 Å². The van der Waals surface area contributed by atoms with Gasteiger partial charge in [0.05, 0.1) is 34.9 Å². The number of aliphatic carboxylic acids is 1. The lowest BCUT2D eigenvalue weighted by molar-refractivity contribution is -0.147. The Morgan fingerprint density at radius 1 is 0.694 bits per heavy atom. The molecule has 2 aliphatic heterocycles. The molecule has 15 nitrogen and oxygen atoms in total. The van der Waals surface area contributed by atoms with Crippen LogP contribution in [0.5, 0.6) is 0 Å². The van der Waals surface area contributed by atoms with Crippen LogP contribution in [0.15, 0.2) is 36.9 Å². The highest BCUT2D eigenvalue weighted by atomic mass is 16.4. The van der Waals surface area contributed by atoms with Crippen molar-refractivity contribution in [1.82, 2.24) is 20.2 Å². The second-order valence-corrected chi connectivity index (χ2v) is 12.9. The van der Waals surface area contributed by atoms with Gasteiger partial charge in [0.1, 0.15) is 0 Å². The highest BCUT2D eigenvalue weighted by Crippen LogP contribution is 2.36. The molecule has 0 aromatic carbocycles. The Balaban J connectivity index is 0.000000183. The van der Waals surface area contributed by atoms with E-state index in [1.807, 2.05) is 5.32 Å². The molecule has 6 rings (SSSR count). The molecule has 4 heterocycles. The number of anilines is 2. The summed E-state index contributed by atoms with van der Waals surface area (Å²) in [5, 5.41) is 16.5. The van der Waals surface area contributed by atoms with Crippen LogP contribution in [0.1, 0.15) is 97.8 Å². The lowest BCUT2D eigenvalue weighted by Gasteiger charge is -2.43. The number of aromatic nitrogens is 2. The third-order valence-electron chi connectivity index (χ3n) is 9.52. The second kappa shape index (κ2) is 18.0. The Morgan fingerprint density at radius 3 is 1.71 bits per heavy atom. The van der Waals surface area contributed by atoms with Crippen LogP contribution in [0.25, 0.3) is 0 Å². The zero-order valence-electron chi connectivity index (χ0n) is 27.6. The SMILES string of the molecule is C1CCC(C2CCC2)NC1.NC(=O)c1cncc(NC(=O)C(=O)N2CCCCC2C2CCC2)c1.NC(=O)c1cncc(NC(=O)C(=O)O)c1. The van der Waals surface area contributed by atoms with Crippen LogP contribution in [-0.2, 0) is 19.2 Å². The third-order valence-corrected chi connectivity index (χ3v) is 9.52. The maximum atomic E-state index is 12.6. The fraction of sp³-hybridized carbons (Fsp3) is 0.529. The quantitative estimate of drug-likeness (QED) is 0.244. The van der Waals surface area contributed by atoms with Gasteiger partial charge in [-0.15, -0.1) is 0 Å². The van der Waals surface area contributed by atoms with Gasteiger partial charge in [-0.1, -0.05) is 19.3 Å². The van der Waals surface area contributed by atoms with E-state index in [0.717, 1.165) is 44.1 Å². The van der Waals surface area contributed by atoms with Crippen LogP contribution in [0.3, 0.4) is 0 Å². The number of carbonyl (C=O) groups excluding carboxylic acids is 5. The third kappa shape index (κ3) is 10.8. The molecule has 2 atom stereocenters. The van der Waals surface area contributed by atoms with Crippen LogP contribution in [0, 0.1) is 11.8 Å². The van der Waals surface area contributed by atoms with E-state index in [2.05, 4.69) is 20.6 Å². The lowest BCUT2D eigenvalue weighted by Crippen LogP contribution is -2.52. The Hall–Kier alpha value is -4.92. The number of nitrogens with one attached hydrogen (secondary N) is 3. The summed E-state index contributed by atoms with van der Waals surface area (Å²) >= 11 is 0. The summed E-state index contributed by atoms with van der Waals surface area (Å²) in [4.78, 5) is 76.9. The predicted molar refractivity (Wildman–Crippen MR) is 180 cm³/mol. The molecule has 2 unspecified atom stereocenters. The topological polar surface area (TPSA) is 240 Å². The first-order chi connectivity index (χ1) is 23.5. The highest BCUT2D eigenvalue weighted by molar-refractivity contribution is 6.39. The van der Waals surface area contributed by atoms with Gasteiger partial charge in [0.2, 0.25) is 11.8 Å². The Kier molecular flexibility index (Phi) is 13.6. The van der Waals surface area contributed by atoms with Crippen molar-refractivity contribution < 1.29 is 33.9 Å². The number of carboxylic acids is 1. The minimum atomic E-state index is -1.63. The van der Waals surface area contributed by atoms with Crippen LogP contribution >= 0.6 is 0 Å². The number of pyridine rings is 2. The van der Waals surface area contributed by atoms with Gasteiger partial charge in [-0.2, -0.15) is 0 Å². The summed E-state index contributed by atoms with van der Waals surface area (Å²) in [6.07, 6.45) is 20.4. The number of rotatable bonds is 6. The minimum Gasteiger partial charge on any atom is -0.474 e. The number of nitrogens with two attached hydrogens (primary N) is 2. The summed E-state index contributed by atoms with van der Waals surface area (Å²) < 4.78 is 0. The fourth-order valence-electron chi connectivity index (χ4n) is 6.43. The standard InChI is InChI=1S/C17H22N4O3.C9H17N.C8H7N3O4/c18-15(22)12-8-13(10-19-9-12)20-16(23)17(24)21-7-2-1-6-14(21)11-4-3-5-11;1-2-7-10-9(6-1)8-4-3-5-8;9-6(12)4-1-5(3-10-2-4)11-7(13)8(14)15/h8-11,14H,1-7H2,(H2,18,22)(H,20,23);8-10H,1-7H2;1-3H,(H2,9,12)(H,11,13)(H,14,15). The Morgan fingerprint density at radius 2 is 1.24 bits per heavy atom. The van der Waals surface area contributed by atoms with Crippen LogP contribution in [0.4, 0.5) is 11.4 Å². The van der Waals surface area contributed by atoms with Gasteiger partial charge in [-0.05, 0) is 88.3 Å². The van der Waals surface area contributed by atoms with Gasteiger partial charge in [-0.3, -0.25) is 33.9 Å². The molecule has 2 aromatic rings. The summed E-state index contributed by atoms with van der Waals surface area (Å²) in [5.74, 6) is -3.79. The van der Waals surface area contributed by atoms with Crippen molar-refractivity contribution in [2.75, 3.05) is 23.7 Å². The average molecular weight is 679 g/mol. The largest absolute Gasteiger partial charge is 0.474 e. The first kappa shape index (κ1) is 36.9. The van der Waals surface area contributed by atoms with Crippen LogP contribution in [-0.4, -0.2) is 80.7 Å². The molecule has 4 aliphatic rings. The first-order valence-corrected chi connectivity index (χ1v) is 16.9. The molecule has 8 N–H and O–H groups in total. The van der Waals surface area contributed by atoms with Gasteiger partial charge in [0.25, 0.3) is 0 Å². The van der Waals surface area contributed by atoms with E-state index in [1.165, 1.54) is 88.4 Å². The maximum Gasteiger partial charge on any atom is 0.394 e. The van der Waals surface area contributed by atoms with Crippen molar-refractivity contribution in [2.24, 2.45) is 23.3 Å². The lowest BCUT2D eigenvalue weighted by atomic mass is 9.76. The zero-order valence-corrected chi connectivity index (χ0v) is 27.6. The van der Waals surface area contributed by atoms with E-state index in [-0.39, 0.29) is 22.9 Å². The van der Waals surface area contributed by atoms with E-state index in [9.17, 15) is 28.8 Å². The Bertz CT molecular complexity index is 1500. The van der Waals surface area contributed by atoms with Gasteiger partial charge in [0, 0.05) is 31.0 Å². The molecule has 49 heavy (non-hydrogen) atoms. The summed E-state index contributed by atoms with van der Waals surface area (Å²) in [6, 6.07) is 3.74. The van der Waals surface area contributed by atoms with E-state index in [4.69, 9.17) is 16.6 Å². The number of nitrogens with zero attached hydrogens (tertiary/aromatic N) is 3. The summed E-state index contributed by atoms with van der Waals surface area (Å²) in [7, 11) is 0. The number of hydrogen-bond donors (Lipinski definition) is 6. The average Bonchev–Trinajstić information content (AvgIpc) is 3.04. The number of hydrogen-bond acceptors (Lipinski definition) is 9. The molecule has 2 aliphatic carbocycles. The van der Waals surface area contributed by atoms with Crippen molar-refractivity contribution in [3.8, 4) is 0 Å². The number of likely N-dealkylation sites (tertiary alicyclic amines) is 1. The fourth-order valence-corrected chi connectivity index (χ4v) is 6.43. The van der Waals surface area contributed by atoms with Crippen molar-refractivity contribution in [3.05, 3.63) is 48.0 Å². The number of primary amides is 2. The van der Waals surface area contributed by atoms with Crippen LogP contribution < -0.4 is 27.4 Å². The normalized spacial score (nSPS) is 20.4. The molecular weight excluding hydrogens is 632 g/mol. The number of carbonyl (C=O) groups is 6. The van der Waals surface area contributed by atoms with E-state index >= 15 is 0 Å². The van der Waals surface area contributed by atoms with Crippen LogP contribution in [0.2, 0.25) is 0 Å². The molecule has 2 saturated heterocycles. The van der Waals surface area contributed by atoms with Gasteiger partial charge >= 0.3 is 23.7 Å².